The summed E-state index contributed by atoms with van der Waals surface area (Å²) in [6, 6.07) is 10.0. The topological polar surface area (TPSA) is 63.0 Å². The Labute approximate surface area is 133 Å². The molecule has 3 aromatic rings. The van der Waals surface area contributed by atoms with Crippen molar-refractivity contribution < 1.29 is 5.11 Å². The molecule has 2 aromatic heterocycles. The van der Waals surface area contributed by atoms with E-state index in [4.69, 9.17) is 0 Å². The van der Waals surface area contributed by atoms with Gasteiger partial charge in [0.25, 0.3) is 0 Å². The third-order valence-electron chi connectivity index (χ3n) is 3.30. The van der Waals surface area contributed by atoms with Gasteiger partial charge in [-0.05, 0) is 26.0 Å². The summed E-state index contributed by atoms with van der Waals surface area (Å²) in [4.78, 5) is 5.30. The van der Waals surface area contributed by atoms with E-state index in [1.165, 1.54) is 11.3 Å². The summed E-state index contributed by atoms with van der Waals surface area (Å²) in [5.74, 6) is 0. The van der Waals surface area contributed by atoms with E-state index in [2.05, 4.69) is 15.4 Å². The van der Waals surface area contributed by atoms with Gasteiger partial charge in [0.05, 0.1) is 29.8 Å². The molecule has 2 N–H and O–H groups in total. The van der Waals surface area contributed by atoms with Crippen molar-refractivity contribution in [3.05, 3.63) is 58.3 Å². The summed E-state index contributed by atoms with van der Waals surface area (Å²) in [6.45, 7) is 4.38. The Bertz CT molecular complexity index is 749. The van der Waals surface area contributed by atoms with E-state index in [1.54, 1.807) is 13.1 Å². The van der Waals surface area contributed by atoms with Crippen LogP contribution in [0.4, 0.5) is 5.69 Å². The second-order valence-corrected chi connectivity index (χ2v) is 6.25. The van der Waals surface area contributed by atoms with Gasteiger partial charge < -0.3 is 10.4 Å². The fraction of sp³-hybridized carbons (Fsp3) is 0.250. The number of para-hydroxylation sites is 1. The molecule has 3 rings (SSSR count). The van der Waals surface area contributed by atoms with E-state index in [9.17, 15) is 5.11 Å². The third-order valence-corrected chi connectivity index (χ3v) is 4.47. The molecule has 0 saturated carbocycles. The number of thiazole rings is 1. The maximum atomic E-state index is 9.51. The zero-order chi connectivity index (χ0) is 15.5. The average molecular weight is 314 g/mol. The lowest BCUT2D eigenvalue weighted by Crippen LogP contribution is -1.97. The maximum Gasteiger partial charge on any atom is 0.121 e. The predicted octanol–water partition coefficient (Wildman–Crippen LogP) is 3.30. The Morgan fingerprint density at radius 1 is 1.32 bits per heavy atom. The van der Waals surface area contributed by atoms with Crippen molar-refractivity contribution in [3.8, 4) is 5.69 Å². The molecule has 1 unspecified atom stereocenters. The molecule has 0 spiro atoms. The quantitative estimate of drug-likeness (QED) is 0.758. The number of aryl methyl sites for hydroxylation is 1. The predicted molar refractivity (Wildman–Crippen MR) is 88.4 cm³/mol. The van der Waals surface area contributed by atoms with E-state index in [-0.39, 0.29) is 0 Å². The third kappa shape index (κ3) is 3.18. The van der Waals surface area contributed by atoms with E-state index in [1.807, 2.05) is 48.1 Å². The monoisotopic (exact) mass is 314 g/mol. The summed E-state index contributed by atoms with van der Waals surface area (Å²) in [7, 11) is 0. The Morgan fingerprint density at radius 2 is 2.09 bits per heavy atom. The molecule has 5 nitrogen and oxygen atoms in total. The maximum absolute atomic E-state index is 9.51. The molecule has 0 amide bonds. The summed E-state index contributed by atoms with van der Waals surface area (Å²) >= 11 is 1.52. The number of aromatic nitrogens is 3. The van der Waals surface area contributed by atoms with Crippen molar-refractivity contribution >= 4 is 17.0 Å². The van der Waals surface area contributed by atoms with Gasteiger partial charge in [0.15, 0.2) is 0 Å². The van der Waals surface area contributed by atoms with Crippen LogP contribution in [0.2, 0.25) is 0 Å². The summed E-state index contributed by atoms with van der Waals surface area (Å²) in [5, 5.41) is 18.2. The zero-order valence-corrected chi connectivity index (χ0v) is 13.3. The summed E-state index contributed by atoms with van der Waals surface area (Å²) in [5.41, 5.74) is 2.98. The lowest BCUT2D eigenvalue weighted by Gasteiger charge is -2.02. The first-order valence-electron chi connectivity index (χ1n) is 7.11. The molecule has 6 heteroatoms. The van der Waals surface area contributed by atoms with Gasteiger partial charge in [0, 0.05) is 11.1 Å². The molecule has 22 heavy (non-hydrogen) atoms. The minimum atomic E-state index is -0.513. The Kier molecular flexibility index (Phi) is 4.22. The van der Waals surface area contributed by atoms with Crippen LogP contribution in [0.5, 0.6) is 0 Å². The number of nitrogens with zero attached hydrogens (tertiary/aromatic N) is 3. The van der Waals surface area contributed by atoms with Crippen LogP contribution in [0.25, 0.3) is 5.69 Å². The van der Waals surface area contributed by atoms with Crippen LogP contribution in [0.15, 0.2) is 42.7 Å². The van der Waals surface area contributed by atoms with Crippen molar-refractivity contribution in [3.63, 3.8) is 0 Å². The highest BCUT2D eigenvalue weighted by atomic mass is 32.1. The number of hydrogen-bond donors (Lipinski definition) is 2. The van der Waals surface area contributed by atoms with E-state index < -0.39 is 6.10 Å². The van der Waals surface area contributed by atoms with Crippen LogP contribution in [0, 0.1) is 6.92 Å². The molecule has 0 radical (unpaired) electrons. The Hall–Kier alpha value is -2.18. The first-order chi connectivity index (χ1) is 10.6. The number of aliphatic hydroxyl groups excluding tert-OH is 1. The molecule has 1 aromatic carbocycles. The van der Waals surface area contributed by atoms with Crippen molar-refractivity contribution in [2.45, 2.75) is 26.5 Å². The van der Waals surface area contributed by atoms with Gasteiger partial charge in [-0.15, -0.1) is 11.3 Å². The van der Waals surface area contributed by atoms with Gasteiger partial charge in [0.1, 0.15) is 11.1 Å². The number of hydrogen-bond acceptors (Lipinski definition) is 5. The van der Waals surface area contributed by atoms with Gasteiger partial charge in [0.2, 0.25) is 0 Å². The van der Waals surface area contributed by atoms with Crippen LogP contribution in [-0.4, -0.2) is 19.9 Å². The van der Waals surface area contributed by atoms with Crippen LogP contribution in [0.3, 0.4) is 0 Å². The van der Waals surface area contributed by atoms with Crippen molar-refractivity contribution in [2.24, 2.45) is 0 Å². The number of benzene rings is 1. The highest BCUT2D eigenvalue weighted by molar-refractivity contribution is 7.11. The Balaban J connectivity index is 1.71. The van der Waals surface area contributed by atoms with Crippen molar-refractivity contribution in [2.75, 3.05) is 5.32 Å². The normalized spacial score (nSPS) is 12.3. The average Bonchev–Trinajstić information content (AvgIpc) is 3.13. The standard InChI is InChI=1S/C16H18N4OS/c1-11-15(10-20(19-11)13-6-4-3-5-7-13)17-8-14-9-18-16(22-14)12(2)21/h3-7,9-10,12,17,21H,8H2,1-2H3. The highest BCUT2D eigenvalue weighted by Crippen LogP contribution is 2.22. The van der Waals surface area contributed by atoms with Crippen LogP contribution in [-0.2, 0) is 6.54 Å². The first-order valence-corrected chi connectivity index (χ1v) is 7.93. The molecule has 0 aliphatic rings. The molecule has 114 valence electrons. The smallest absolute Gasteiger partial charge is 0.121 e. The molecule has 0 fully saturated rings. The summed E-state index contributed by atoms with van der Waals surface area (Å²) in [6.07, 6.45) is 3.28. The molecule has 0 aliphatic carbocycles. The number of rotatable bonds is 5. The van der Waals surface area contributed by atoms with E-state index in [0.717, 1.165) is 27.0 Å². The lowest BCUT2D eigenvalue weighted by molar-refractivity contribution is 0.199. The number of aliphatic hydroxyl groups is 1. The van der Waals surface area contributed by atoms with Gasteiger partial charge in [-0.1, -0.05) is 18.2 Å². The van der Waals surface area contributed by atoms with Crippen LogP contribution in [0.1, 0.15) is 28.6 Å². The molecule has 0 aliphatic heterocycles. The van der Waals surface area contributed by atoms with Gasteiger partial charge in [-0.3, -0.25) is 0 Å². The van der Waals surface area contributed by atoms with Gasteiger partial charge in [-0.2, -0.15) is 5.10 Å². The Morgan fingerprint density at radius 3 is 2.77 bits per heavy atom. The fourth-order valence-corrected chi connectivity index (χ4v) is 2.92. The van der Waals surface area contributed by atoms with E-state index in [0.29, 0.717) is 6.54 Å². The minimum Gasteiger partial charge on any atom is -0.386 e. The van der Waals surface area contributed by atoms with Gasteiger partial charge >= 0.3 is 0 Å². The molecule has 2 heterocycles. The second kappa shape index (κ2) is 6.29. The minimum absolute atomic E-state index is 0.513. The number of nitrogens with one attached hydrogen (secondary N) is 1. The van der Waals surface area contributed by atoms with Crippen molar-refractivity contribution in [1.29, 1.82) is 0 Å². The highest BCUT2D eigenvalue weighted by Gasteiger charge is 2.09. The van der Waals surface area contributed by atoms with Crippen LogP contribution >= 0.6 is 11.3 Å². The largest absolute Gasteiger partial charge is 0.386 e. The van der Waals surface area contributed by atoms with Gasteiger partial charge in [-0.25, -0.2) is 9.67 Å². The fourth-order valence-electron chi connectivity index (χ4n) is 2.13. The molecule has 0 saturated heterocycles. The van der Waals surface area contributed by atoms with Crippen LogP contribution < -0.4 is 5.32 Å². The van der Waals surface area contributed by atoms with Crippen molar-refractivity contribution in [1.82, 2.24) is 14.8 Å². The first kappa shape index (κ1) is 14.7. The van der Waals surface area contributed by atoms with E-state index >= 15 is 0 Å². The zero-order valence-electron chi connectivity index (χ0n) is 12.5. The molecular formula is C16H18N4OS. The number of anilines is 1. The lowest BCUT2D eigenvalue weighted by atomic mass is 10.3. The second-order valence-electron chi connectivity index (χ2n) is 5.10. The molecule has 0 bridgehead atoms. The molecule has 1 atom stereocenters. The molecular weight excluding hydrogens is 296 g/mol. The SMILES string of the molecule is Cc1nn(-c2ccccc2)cc1NCc1cnc(C(C)O)s1. The summed E-state index contributed by atoms with van der Waals surface area (Å²) < 4.78 is 1.87.